The number of likely N-dealkylation sites (tertiary alicyclic amines) is 2. The van der Waals surface area contributed by atoms with Crippen LogP contribution in [-0.4, -0.2) is 76.6 Å². The molecule has 3 fully saturated rings. The predicted octanol–water partition coefficient (Wildman–Crippen LogP) is 1.49. The Morgan fingerprint density at radius 2 is 1.86 bits per heavy atom. The standard InChI is InChI=1S/C21H30N4O4/c1-14-11-19(23-15(2)22-14)29-18-3-7-24(8-4-18)21(27)16-12-20(26)25(13-16)17-5-9-28-10-6-17/h11,16-18H,3-10,12-13H2,1-2H3. The van der Waals surface area contributed by atoms with Crippen molar-refractivity contribution in [3.05, 3.63) is 17.6 Å². The van der Waals surface area contributed by atoms with Crippen LogP contribution in [0.3, 0.4) is 0 Å². The number of amides is 2. The van der Waals surface area contributed by atoms with E-state index in [-0.39, 0.29) is 29.9 Å². The molecule has 29 heavy (non-hydrogen) atoms. The maximum atomic E-state index is 13.0. The molecular weight excluding hydrogens is 372 g/mol. The van der Waals surface area contributed by atoms with Crippen molar-refractivity contribution in [1.82, 2.24) is 19.8 Å². The van der Waals surface area contributed by atoms with Crippen LogP contribution in [0.5, 0.6) is 5.88 Å². The quantitative estimate of drug-likeness (QED) is 0.759. The summed E-state index contributed by atoms with van der Waals surface area (Å²) < 4.78 is 11.4. The van der Waals surface area contributed by atoms with Crippen LogP contribution in [-0.2, 0) is 14.3 Å². The highest BCUT2D eigenvalue weighted by Crippen LogP contribution is 2.27. The van der Waals surface area contributed by atoms with E-state index in [0.717, 1.165) is 31.4 Å². The van der Waals surface area contributed by atoms with Crippen LogP contribution in [0.2, 0.25) is 0 Å². The maximum Gasteiger partial charge on any atom is 0.227 e. The summed E-state index contributed by atoms with van der Waals surface area (Å²) in [6, 6.07) is 2.08. The first kappa shape index (κ1) is 20.1. The van der Waals surface area contributed by atoms with Crippen molar-refractivity contribution in [3.63, 3.8) is 0 Å². The third-order valence-electron chi connectivity index (χ3n) is 6.12. The zero-order chi connectivity index (χ0) is 20.4. The Balaban J connectivity index is 1.28. The fourth-order valence-corrected chi connectivity index (χ4v) is 4.61. The van der Waals surface area contributed by atoms with Crippen molar-refractivity contribution in [2.45, 2.75) is 58.1 Å². The third kappa shape index (κ3) is 4.69. The topological polar surface area (TPSA) is 84.9 Å². The van der Waals surface area contributed by atoms with E-state index in [1.165, 1.54) is 0 Å². The molecule has 0 aromatic carbocycles. The Labute approximate surface area is 171 Å². The van der Waals surface area contributed by atoms with Gasteiger partial charge < -0.3 is 19.3 Å². The molecule has 0 N–H and O–H groups in total. The number of nitrogens with zero attached hydrogens (tertiary/aromatic N) is 4. The van der Waals surface area contributed by atoms with Crippen LogP contribution in [0.15, 0.2) is 6.07 Å². The Morgan fingerprint density at radius 1 is 1.14 bits per heavy atom. The molecule has 0 saturated carbocycles. The molecule has 8 heteroatoms. The number of ether oxygens (including phenoxy) is 2. The molecule has 3 saturated heterocycles. The van der Waals surface area contributed by atoms with Gasteiger partial charge >= 0.3 is 0 Å². The molecule has 1 unspecified atom stereocenters. The Morgan fingerprint density at radius 3 is 2.55 bits per heavy atom. The van der Waals surface area contributed by atoms with Crippen molar-refractivity contribution in [2.24, 2.45) is 5.92 Å². The molecule has 158 valence electrons. The van der Waals surface area contributed by atoms with Crippen LogP contribution in [0.1, 0.15) is 43.6 Å². The van der Waals surface area contributed by atoms with Gasteiger partial charge in [-0.3, -0.25) is 9.59 Å². The minimum absolute atomic E-state index is 0.0525. The van der Waals surface area contributed by atoms with E-state index in [9.17, 15) is 9.59 Å². The van der Waals surface area contributed by atoms with Crippen molar-refractivity contribution in [1.29, 1.82) is 0 Å². The van der Waals surface area contributed by atoms with Crippen LogP contribution in [0, 0.1) is 19.8 Å². The molecule has 2 amide bonds. The number of aryl methyl sites for hydroxylation is 2. The summed E-state index contributed by atoms with van der Waals surface area (Å²) in [4.78, 5) is 37.9. The monoisotopic (exact) mass is 402 g/mol. The van der Waals surface area contributed by atoms with Gasteiger partial charge in [0.2, 0.25) is 17.7 Å². The molecule has 0 spiro atoms. The van der Waals surface area contributed by atoms with E-state index in [0.29, 0.717) is 51.0 Å². The number of carbonyl (C=O) groups excluding carboxylic acids is 2. The first-order chi connectivity index (χ1) is 14.0. The van der Waals surface area contributed by atoms with Gasteiger partial charge in [-0.2, -0.15) is 4.98 Å². The minimum Gasteiger partial charge on any atom is -0.474 e. The maximum absolute atomic E-state index is 13.0. The van der Waals surface area contributed by atoms with Crippen LogP contribution in [0.4, 0.5) is 0 Å². The van der Waals surface area contributed by atoms with Crippen molar-refractivity contribution in [3.8, 4) is 5.88 Å². The van der Waals surface area contributed by atoms with Gasteiger partial charge in [0.1, 0.15) is 11.9 Å². The molecule has 4 rings (SSSR count). The number of piperidine rings is 1. The first-order valence-corrected chi connectivity index (χ1v) is 10.6. The van der Waals surface area contributed by atoms with Crippen molar-refractivity contribution < 1.29 is 19.1 Å². The van der Waals surface area contributed by atoms with Gasteiger partial charge in [0.05, 0.1) is 5.92 Å². The van der Waals surface area contributed by atoms with Crippen LogP contribution >= 0.6 is 0 Å². The molecule has 4 heterocycles. The van der Waals surface area contributed by atoms with Gasteiger partial charge in [-0.15, -0.1) is 0 Å². The Hall–Kier alpha value is -2.22. The second kappa shape index (κ2) is 8.65. The highest BCUT2D eigenvalue weighted by Gasteiger charge is 2.40. The van der Waals surface area contributed by atoms with E-state index in [4.69, 9.17) is 9.47 Å². The number of aromatic nitrogens is 2. The summed E-state index contributed by atoms with van der Waals surface area (Å²) in [7, 11) is 0. The lowest BCUT2D eigenvalue weighted by molar-refractivity contribution is -0.137. The molecule has 3 aliphatic rings. The largest absolute Gasteiger partial charge is 0.474 e. The predicted molar refractivity (Wildman–Crippen MR) is 105 cm³/mol. The van der Waals surface area contributed by atoms with E-state index < -0.39 is 0 Å². The summed E-state index contributed by atoms with van der Waals surface area (Å²) in [5, 5.41) is 0. The highest BCUT2D eigenvalue weighted by molar-refractivity contribution is 5.89. The minimum atomic E-state index is -0.213. The van der Waals surface area contributed by atoms with E-state index >= 15 is 0 Å². The van der Waals surface area contributed by atoms with Gasteiger partial charge in [-0.25, -0.2) is 4.98 Å². The van der Waals surface area contributed by atoms with Gasteiger partial charge in [0.25, 0.3) is 0 Å². The zero-order valence-electron chi connectivity index (χ0n) is 17.3. The van der Waals surface area contributed by atoms with Gasteiger partial charge in [0, 0.05) is 69.9 Å². The smallest absolute Gasteiger partial charge is 0.227 e. The molecule has 0 radical (unpaired) electrons. The Kier molecular flexibility index (Phi) is 5.99. The summed E-state index contributed by atoms with van der Waals surface area (Å²) in [5.41, 5.74) is 0.889. The number of hydrogen-bond donors (Lipinski definition) is 0. The summed E-state index contributed by atoms with van der Waals surface area (Å²) in [5.74, 6) is 1.32. The molecule has 1 aromatic rings. The number of rotatable bonds is 4. The second-order valence-electron chi connectivity index (χ2n) is 8.33. The lowest BCUT2D eigenvalue weighted by Gasteiger charge is -2.34. The van der Waals surface area contributed by atoms with Gasteiger partial charge in [0.15, 0.2) is 0 Å². The lowest BCUT2D eigenvalue weighted by atomic mass is 10.0. The van der Waals surface area contributed by atoms with Crippen LogP contribution in [0.25, 0.3) is 0 Å². The Bertz CT molecular complexity index is 737. The molecular formula is C21H30N4O4. The molecule has 1 aromatic heterocycles. The van der Waals surface area contributed by atoms with Crippen molar-refractivity contribution in [2.75, 3.05) is 32.8 Å². The fourth-order valence-electron chi connectivity index (χ4n) is 4.61. The van der Waals surface area contributed by atoms with Gasteiger partial charge in [-0.1, -0.05) is 0 Å². The van der Waals surface area contributed by atoms with Gasteiger partial charge in [-0.05, 0) is 26.7 Å². The number of carbonyl (C=O) groups is 2. The normalized spacial score (nSPS) is 24.2. The lowest BCUT2D eigenvalue weighted by Crippen LogP contribution is -2.45. The van der Waals surface area contributed by atoms with E-state index in [1.54, 1.807) is 0 Å². The average Bonchev–Trinajstić information content (AvgIpc) is 3.09. The zero-order valence-corrected chi connectivity index (χ0v) is 17.3. The summed E-state index contributed by atoms with van der Waals surface area (Å²) in [6.07, 6.45) is 3.69. The second-order valence-corrected chi connectivity index (χ2v) is 8.33. The third-order valence-corrected chi connectivity index (χ3v) is 6.12. The van der Waals surface area contributed by atoms with E-state index in [2.05, 4.69) is 9.97 Å². The average molecular weight is 402 g/mol. The van der Waals surface area contributed by atoms with Crippen LogP contribution < -0.4 is 4.74 Å². The SMILES string of the molecule is Cc1cc(OC2CCN(C(=O)C3CC(=O)N(C4CCOCC4)C3)CC2)nc(C)n1. The summed E-state index contributed by atoms with van der Waals surface area (Å²) in [6.45, 7) is 7.06. The molecule has 3 aliphatic heterocycles. The molecule has 0 aliphatic carbocycles. The van der Waals surface area contributed by atoms with E-state index in [1.807, 2.05) is 29.7 Å². The highest BCUT2D eigenvalue weighted by atomic mass is 16.5. The molecule has 1 atom stereocenters. The first-order valence-electron chi connectivity index (χ1n) is 10.6. The molecule has 8 nitrogen and oxygen atoms in total. The molecule has 0 bridgehead atoms. The van der Waals surface area contributed by atoms with Crippen molar-refractivity contribution >= 4 is 11.8 Å². The fraction of sp³-hybridized carbons (Fsp3) is 0.714. The number of hydrogen-bond acceptors (Lipinski definition) is 6. The summed E-state index contributed by atoms with van der Waals surface area (Å²) >= 11 is 0.